The molecule has 0 aromatic heterocycles. The summed E-state index contributed by atoms with van der Waals surface area (Å²) in [5, 5.41) is 0. The van der Waals surface area contributed by atoms with Gasteiger partial charge in [-0.25, -0.2) is 0 Å². The van der Waals surface area contributed by atoms with Crippen LogP contribution in [0.4, 0.5) is 0 Å². The molecule has 2 N–H and O–H groups in total. The van der Waals surface area contributed by atoms with Gasteiger partial charge in [-0.2, -0.15) is 0 Å². The minimum absolute atomic E-state index is 0. The highest BCUT2D eigenvalue weighted by Crippen LogP contribution is 2.26. The predicted molar refractivity (Wildman–Crippen MR) is 91.6 cm³/mol. The highest BCUT2D eigenvalue weighted by Gasteiger charge is 2.28. The van der Waals surface area contributed by atoms with Crippen molar-refractivity contribution in [2.24, 2.45) is 22.6 Å². The molecule has 2 fully saturated rings. The van der Waals surface area contributed by atoms with Crippen molar-refractivity contribution < 1.29 is 9.47 Å². The van der Waals surface area contributed by atoms with Crippen LogP contribution in [0.2, 0.25) is 0 Å². The summed E-state index contributed by atoms with van der Waals surface area (Å²) in [5.74, 6) is 1.72. The highest BCUT2D eigenvalue weighted by molar-refractivity contribution is 14.0. The molecule has 2 aliphatic rings. The van der Waals surface area contributed by atoms with Crippen molar-refractivity contribution in [1.82, 2.24) is 4.90 Å². The normalized spacial score (nSPS) is 28.4. The smallest absolute Gasteiger partial charge is 0.191 e. The van der Waals surface area contributed by atoms with Crippen LogP contribution >= 0.6 is 24.0 Å². The van der Waals surface area contributed by atoms with E-state index >= 15 is 0 Å². The second-order valence-corrected chi connectivity index (χ2v) is 5.78. The lowest BCUT2D eigenvalue weighted by Crippen LogP contribution is -2.45. The average Bonchev–Trinajstić information content (AvgIpc) is 2.46. The van der Waals surface area contributed by atoms with Gasteiger partial charge in [0, 0.05) is 32.2 Å². The summed E-state index contributed by atoms with van der Waals surface area (Å²) >= 11 is 0. The maximum atomic E-state index is 6.07. The van der Waals surface area contributed by atoms with E-state index in [1.807, 2.05) is 0 Å². The molecular weight excluding hydrogens is 369 g/mol. The molecule has 0 amide bonds. The van der Waals surface area contributed by atoms with Crippen molar-refractivity contribution in [3.05, 3.63) is 0 Å². The second-order valence-electron chi connectivity index (χ2n) is 5.78. The van der Waals surface area contributed by atoms with Crippen molar-refractivity contribution in [3.8, 4) is 0 Å². The van der Waals surface area contributed by atoms with Gasteiger partial charge in [0.1, 0.15) is 0 Å². The first-order chi connectivity index (χ1) is 9.18. The van der Waals surface area contributed by atoms with Crippen LogP contribution in [-0.2, 0) is 9.47 Å². The molecule has 0 spiro atoms. The number of ether oxygens (including phenoxy) is 2. The zero-order valence-electron chi connectivity index (χ0n) is 12.6. The topological polar surface area (TPSA) is 60.1 Å². The van der Waals surface area contributed by atoms with E-state index in [9.17, 15) is 0 Å². The van der Waals surface area contributed by atoms with Gasteiger partial charge in [-0.1, -0.05) is 13.8 Å². The summed E-state index contributed by atoms with van der Waals surface area (Å²) in [6, 6.07) is 0. The van der Waals surface area contributed by atoms with Crippen molar-refractivity contribution in [2.75, 3.05) is 39.5 Å². The van der Waals surface area contributed by atoms with E-state index < -0.39 is 0 Å². The number of nitrogens with zero attached hydrogens (tertiary/aromatic N) is 2. The number of nitrogens with two attached hydrogens (primary N) is 1. The average molecular weight is 397 g/mol. The molecule has 20 heavy (non-hydrogen) atoms. The lowest BCUT2D eigenvalue weighted by Gasteiger charge is -2.34. The fourth-order valence-electron chi connectivity index (χ4n) is 2.90. The summed E-state index contributed by atoms with van der Waals surface area (Å²) in [6.45, 7) is 9.31. The van der Waals surface area contributed by atoms with Crippen LogP contribution < -0.4 is 5.73 Å². The Hall–Kier alpha value is -0.0800. The highest BCUT2D eigenvalue weighted by atomic mass is 127. The van der Waals surface area contributed by atoms with Crippen LogP contribution in [0.25, 0.3) is 0 Å². The van der Waals surface area contributed by atoms with E-state index in [0.29, 0.717) is 23.9 Å². The minimum Gasteiger partial charge on any atom is -0.378 e. The number of rotatable bonds is 3. The van der Waals surface area contributed by atoms with Crippen molar-refractivity contribution in [3.63, 3.8) is 0 Å². The molecule has 2 atom stereocenters. The molecule has 2 heterocycles. The van der Waals surface area contributed by atoms with Gasteiger partial charge in [-0.05, 0) is 18.8 Å². The molecule has 2 aliphatic heterocycles. The molecule has 2 unspecified atom stereocenters. The molecule has 2 saturated heterocycles. The van der Waals surface area contributed by atoms with Crippen molar-refractivity contribution >= 4 is 29.9 Å². The summed E-state index contributed by atoms with van der Waals surface area (Å²) in [6.07, 6.45) is 2.67. The Balaban J connectivity index is 0.00000200. The van der Waals surface area contributed by atoms with Gasteiger partial charge >= 0.3 is 0 Å². The monoisotopic (exact) mass is 397 g/mol. The Morgan fingerprint density at radius 2 is 2.00 bits per heavy atom. The quantitative estimate of drug-likeness (QED) is 0.448. The number of halogens is 1. The fourth-order valence-corrected chi connectivity index (χ4v) is 2.90. The lowest BCUT2D eigenvalue weighted by atomic mass is 9.87. The Bertz CT molecular complexity index is 307. The largest absolute Gasteiger partial charge is 0.378 e. The zero-order valence-corrected chi connectivity index (χ0v) is 14.9. The summed E-state index contributed by atoms with van der Waals surface area (Å²) in [7, 11) is 0. The van der Waals surface area contributed by atoms with E-state index in [0.717, 1.165) is 45.9 Å². The summed E-state index contributed by atoms with van der Waals surface area (Å²) in [4.78, 5) is 6.70. The van der Waals surface area contributed by atoms with E-state index in [1.54, 1.807) is 0 Å². The van der Waals surface area contributed by atoms with Gasteiger partial charge < -0.3 is 20.1 Å². The Labute approximate surface area is 139 Å². The fraction of sp³-hybridized carbons (Fsp3) is 0.929. The predicted octanol–water partition coefficient (Wildman–Crippen LogP) is 1.70. The van der Waals surface area contributed by atoms with Crippen molar-refractivity contribution in [1.29, 1.82) is 0 Å². The second kappa shape index (κ2) is 9.04. The zero-order chi connectivity index (χ0) is 13.7. The van der Waals surface area contributed by atoms with E-state index in [4.69, 9.17) is 15.2 Å². The summed E-state index contributed by atoms with van der Waals surface area (Å²) in [5.41, 5.74) is 6.07. The van der Waals surface area contributed by atoms with Crippen LogP contribution in [0, 0.1) is 11.8 Å². The van der Waals surface area contributed by atoms with Gasteiger partial charge in [0.2, 0.25) is 0 Å². The first-order valence-corrected chi connectivity index (χ1v) is 7.42. The lowest BCUT2D eigenvalue weighted by molar-refractivity contribution is -0.0492. The molecule has 0 radical (unpaired) electrons. The molecule has 5 nitrogen and oxygen atoms in total. The van der Waals surface area contributed by atoms with Gasteiger partial charge in [-0.3, -0.25) is 4.99 Å². The van der Waals surface area contributed by atoms with Gasteiger partial charge in [0.25, 0.3) is 0 Å². The van der Waals surface area contributed by atoms with E-state index in [2.05, 4.69) is 23.7 Å². The molecule has 2 rings (SSSR count). The van der Waals surface area contributed by atoms with Crippen LogP contribution in [0.15, 0.2) is 4.99 Å². The van der Waals surface area contributed by atoms with Crippen LogP contribution in [0.1, 0.15) is 26.7 Å². The molecule has 0 saturated carbocycles. The molecular formula is C14H28IN3O2. The third-order valence-electron chi connectivity index (χ3n) is 3.97. The number of guanidine groups is 1. The molecule has 0 aliphatic carbocycles. The van der Waals surface area contributed by atoms with Gasteiger partial charge in [-0.15, -0.1) is 24.0 Å². The molecule has 0 aromatic rings. The number of hydrogen-bond acceptors (Lipinski definition) is 3. The Morgan fingerprint density at radius 3 is 2.65 bits per heavy atom. The SMILES string of the molecule is CC(C)C1OCCCC1CN=C(N)N1CCOCC1.I. The minimum atomic E-state index is 0. The first kappa shape index (κ1) is 18.0. The molecule has 6 heteroatoms. The van der Waals surface area contributed by atoms with Crippen LogP contribution in [-0.4, -0.2) is 56.4 Å². The van der Waals surface area contributed by atoms with Gasteiger partial charge in [0.05, 0.1) is 19.3 Å². The summed E-state index contributed by atoms with van der Waals surface area (Å²) < 4.78 is 11.2. The standard InChI is InChI=1S/C14H27N3O2.HI/c1-11(2)13-12(4-3-7-19-13)10-16-14(15)17-5-8-18-9-6-17;/h11-13H,3-10H2,1-2H3,(H2,15,16);1H. The maximum absolute atomic E-state index is 6.07. The number of hydrogen-bond donors (Lipinski definition) is 1. The number of morpholine rings is 1. The number of aliphatic imine (C=N–C) groups is 1. The third kappa shape index (κ3) is 5.04. The maximum Gasteiger partial charge on any atom is 0.191 e. The third-order valence-corrected chi connectivity index (χ3v) is 3.97. The Morgan fingerprint density at radius 1 is 1.30 bits per heavy atom. The van der Waals surface area contributed by atoms with Crippen molar-refractivity contribution in [2.45, 2.75) is 32.8 Å². The molecule has 0 aromatic carbocycles. The molecule has 118 valence electrons. The van der Waals surface area contributed by atoms with E-state index in [1.165, 1.54) is 6.42 Å². The van der Waals surface area contributed by atoms with Gasteiger partial charge in [0.15, 0.2) is 5.96 Å². The van der Waals surface area contributed by atoms with Crippen LogP contribution in [0.5, 0.6) is 0 Å². The Kier molecular flexibility index (Phi) is 8.13. The van der Waals surface area contributed by atoms with E-state index in [-0.39, 0.29) is 24.0 Å². The molecule has 0 bridgehead atoms. The van der Waals surface area contributed by atoms with Crippen LogP contribution in [0.3, 0.4) is 0 Å². The first-order valence-electron chi connectivity index (χ1n) is 7.42.